The van der Waals surface area contributed by atoms with Crippen LogP contribution >= 0.6 is 0 Å². The molecule has 1 atom stereocenters. The molecule has 1 unspecified atom stereocenters. The van der Waals surface area contributed by atoms with Crippen molar-refractivity contribution in [2.24, 2.45) is 7.05 Å². The Hall–Kier alpha value is -1.88. The number of anilines is 1. The molecule has 0 aliphatic carbocycles. The Labute approximate surface area is 119 Å². The van der Waals surface area contributed by atoms with Gasteiger partial charge in [0.15, 0.2) is 0 Å². The molecule has 0 spiro atoms. The van der Waals surface area contributed by atoms with Crippen LogP contribution in [0.4, 0.5) is 5.82 Å². The third-order valence-electron chi connectivity index (χ3n) is 3.37. The molecule has 0 radical (unpaired) electrons. The summed E-state index contributed by atoms with van der Waals surface area (Å²) in [5.74, 6) is 0.362. The predicted octanol–water partition coefficient (Wildman–Crippen LogP) is 2.08. The van der Waals surface area contributed by atoms with Crippen LogP contribution < -0.4 is 5.73 Å². The standard InChI is InChI=1S/C15H22N4O/c1-9-6-7-17-14(16)11(9)12(20)10-8-19(5)18-13(10)15(2,3)4/h6-8,12,20H,1-5H3,(H2,16,17). The fourth-order valence-corrected chi connectivity index (χ4v) is 2.39. The highest BCUT2D eigenvalue weighted by Gasteiger charge is 2.28. The van der Waals surface area contributed by atoms with Gasteiger partial charge in [-0.25, -0.2) is 4.98 Å². The van der Waals surface area contributed by atoms with E-state index in [1.807, 2.05) is 26.2 Å². The molecule has 0 aliphatic heterocycles. The Morgan fingerprint density at radius 1 is 1.35 bits per heavy atom. The summed E-state index contributed by atoms with van der Waals surface area (Å²) in [5.41, 5.74) is 9.01. The minimum absolute atomic E-state index is 0.150. The molecule has 0 amide bonds. The molecular weight excluding hydrogens is 252 g/mol. The van der Waals surface area contributed by atoms with Crippen LogP contribution in [0.1, 0.15) is 49.3 Å². The lowest BCUT2D eigenvalue weighted by molar-refractivity contribution is 0.217. The van der Waals surface area contributed by atoms with Crippen LogP contribution in [0, 0.1) is 6.92 Å². The lowest BCUT2D eigenvalue weighted by Gasteiger charge is -2.21. The summed E-state index contributed by atoms with van der Waals surface area (Å²) >= 11 is 0. The highest BCUT2D eigenvalue weighted by Crippen LogP contribution is 2.34. The summed E-state index contributed by atoms with van der Waals surface area (Å²) in [4.78, 5) is 4.08. The maximum absolute atomic E-state index is 10.7. The first-order valence-corrected chi connectivity index (χ1v) is 6.65. The average Bonchev–Trinajstić information content (AvgIpc) is 2.70. The summed E-state index contributed by atoms with van der Waals surface area (Å²) in [7, 11) is 1.85. The molecule has 5 nitrogen and oxygen atoms in total. The van der Waals surface area contributed by atoms with Gasteiger partial charge in [-0.2, -0.15) is 5.10 Å². The highest BCUT2D eigenvalue weighted by molar-refractivity contribution is 5.49. The van der Waals surface area contributed by atoms with Gasteiger partial charge >= 0.3 is 0 Å². The number of rotatable bonds is 2. The van der Waals surface area contributed by atoms with Crippen LogP contribution in [-0.4, -0.2) is 19.9 Å². The topological polar surface area (TPSA) is 77.0 Å². The summed E-state index contributed by atoms with van der Waals surface area (Å²) in [6.45, 7) is 8.14. The average molecular weight is 274 g/mol. The van der Waals surface area contributed by atoms with Crippen molar-refractivity contribution in [3.63, 3.8) is 0 Å². The highest BCUT2D eigenvalue weighted by atomic mass is 16.3. The van der Waals surface area contributed by atoms with E-state index >= 15 is 0 Å². The normalized spacial score (nSPS) is 13.5. The van der Waals surface area contributed by atoms with Gasteiger partial charge in [0.1, 0.15) is 11.9 Å². The Bertz CT molecular complexity index is 605. The maximum atomic E-state index is 10.7. The second kappa shape index (κ2) is 4.90. The third-order valence-corrected chi connectivity index (χ3v) is 3.37. The molecule has 0 aromatic carbocycles. The second-order valence-corrected chi connectivity index (χ2v) is 6.19. The molecule has 2 rings (SSSR count). The van der Waals surface area contributed by atoms with Crippen LogP contribution in [0.3, 0.4) is 0 Å². The smallest absolute Gasteiger partial charge is 0.129 e. The summed E-state index contributed by atoms with van der Waals surface area (Å²) < 4.78 is 1.72. The van der Waals surface area contributed by atoms with Gasteiger partial charge in [0.05, 0.1) is 5.69 Å². The van der Waals surface area contributed by atoms with E-state index in [1.54, 1.807) is 10.9 Å². The number of nitrogen functional groups attached to an aromatic ring is 1. The largest absolute Gasteiger partial charge is 0.383 e. The first-order chi connectivity index (χ1) is 9.21. The molecule has 0 saturated carbocycles. The quantitative estimate of drug-likeness (QED) is 0.879. The zero-order valence-electron chi connectivity index (χ0n) is 12.7. The van der Waals surface area contributed by atoms with Crippen molar-refractivity contribution < 1.29 is 5.11 Å². The van der Waals surface area contributed by atoms with Crippen molar-refractivity contribution in [2.45, 2.75) is 39.2 Å². The number of aryl methyl sites for hydroxylation is 2. The minimum atomic E-state index is -0.813. The number of hydrogen-bond donors (Lipinski definition) is 2. The molecule has 3 N–H and O–H groups in total. The fourth-order valence-electron chi connectivity index (χ4n) is 2.39. The zero-order valence-corrected chi connectivity index (χ0v) is 12.7. The number of aromatic nitrogens is 3. The Kier molecular flexibility index (Phi) is 3.56. The molecule has 2 heterocycles. The van der Waals surface area contributed by atoms with Crippen LogP contribution in [-0.2, 0) is 12.5 Å². The van der Waals surface area contributed by atoms with Gasteiger partial charge in [-0.05, 0) is 18.6 Å². The Morgan fingerprint density at radius 2 is 2.00 bits per heavy atom. The molecule has 0 aliphatic rings. The van der Waals surface area contributed by atoms with Gasteiger partial charge in [0, 0.05) is 36.0 Å². The van der Waals surface area contributed by atoms with E-state index in [4.69, 9.17) is 5.73 Å². The van der Waals surface area contributed by atoms with E-state index in [2.05, 4.69) is 30.9 Å². The van der Waals surface area contributed by atoms with Gasteiger partial charge in [0.25, 0.3) is 0 Å². The van der Waals surface area contributed by atoms with Gasteiger partial charge in [0.2, 0.25) is 0 Å². The van der Waals surface area contributed by atoms with Crippen molar-refractivity contribution >= 4 is 5.82 Å². The molecule has 0 bridgehead atoms. The van der Waals surface area contributed by atoms with E-state index in [1.165, 1.54) is 0 Å². The fraction of sp³-hybridized carbons (Fsp3) is 0.467. The zero-order chi connectivity index (χ0) is 15.1. The number of nitrogens with zero attached hydrogens (tertiary/aromatic N) is 3. The van der Waals surface area contributed by atoms with Crippen molar-refractivity contribution in [3.05, 3.63) is 40.8 Å². The van der Waals surface area contributed by atoms with Crippen molar-refractivity contribution in [1.29, 1.82) is 0 Å². The van der Waals surface area contributed by atoms with Crippen molar-refractivity contribution in [2.75, 3.05) is 5.73 Å². The van der Waals surface area contributed by atoms with Gasteiger partial charge in [-0.3, -0.25) is 4.68 Å². The first-order valence-electron chi connectivity index (χ1n) is 6.65. The van der Waals surface area contributed by atoms with E-state index in [-0.39, 0.29) is 5.41 Å². The van der Waals surface area contributed by atoms with Crippen LogP contribution in [0.5, 0.6) is 0 Å². The lowest BCUT2D eigenvalue weighted by atomic mass is 9.86. The molecule has 0 saturated heterocycles. The number of aliphatic hydroxyl groups is 1. The van der Waals surface area contributed by atoms with Crippen LogP contribution in [0.25, 0.3) is 0 Å². The van der Waals surface area contributed by atoms with E-state index in [9.17, 15) is 5.11 Å². The van der Waals surface area contributed by atoms with Gasteiger partial charge in [-0.15, -0.1) is 0 Å². The molecule has 2 aromatic heterocycles. The summed E-state index contributed by atoms with van der Waals surface area (Å²) in [5, 5.41) is 15.2. The van der Waals surface area contributed by atoms with Crippen LogP contribution in [0.15, 0.2) is 18.5 Å². The lowest BCUT2D eigenvalue weighted by Crippen LogP contribution is -2.17. The monoisotopic (exact) mass is 274 g/mol. The van der Waals surface area contributed by atoms with Crippen LogP contribution in [0.2, 0.25) is 0 Å². The molecule has 5 heteroatoms. The van der Waals surface area contributed by atoms with E-state index < -0.39 is 6.10 Å². The first kappa shape index (κ1) is 14.5. The SMILES string of the molecule is Cc1ccnc(N)c1C(O)c1cn(C)nc1C(C)(C)C. The number of pyridine rings is 1. The van der Waals surface area contributed by atoms with Gasteiger partial charge in [-0.1, -0.05) is 20.8 Å². The Balaban J connectivity index is 2.57. The van der Waals surface area contributed by atoms with Crippen molar-refractivity contribution in [3.8, 4) is 0 Å². The maximum Gasteiger partial charge on any atom is 0.129 e. The molecule has 108 valence electrons. The number of nitrogens with two attached hydrogens (primary N) is 1. The third kappa shape index (κ3) is 2.54. The van der Waals surface area contributed by atoms with E-state index in [0.717, 1.165) is 16.8 Å². The molecule has 2 aromatic rings. The molecule has 20 heavy (non-hydrogen) atoms. The number of hydrogen-bond acceptors (Lipinski definition) is 4. The molecular formula is C15H22N4O. The minimum Gasteiger partial charge on any atom is -0.383 e. The molecule has 0 fully saturated rings. The summed E-state index contributed by atoms with van der Waals surface area (Å²) in [6, 6.07) is 1.85. The summed E-state index contributed by atoms with van der Waals surface area (Å²) in [6.07, 6.45) is 2.68. The second-order valence-electron chi connectivity index (χ2n) is 6.19. The van der Waals surface area contributed by atoms with E-state index in [0.29, 0.717) is 11.4 Å². The number of aliphatic hydroxyl groups excluding tert-OH is 1. The van der Waals surface area contributed by atoms with Crippen molar-refractivity contribution in [1.82, 2.24) is 14.8 Å². The predicted molar refractivity (Wildman–Crippen MR) is 79.4 cm³/mol. The Morgan fingerprint density at radius 3 is 2.55 bits per heavy atom. The van der Waals surface area contributed by atoms with Gasteiger partial charge < -0.3 is 10.8 Å².